The van der Waals surface area contributed by atoms with Crippen LogP contribution in [0.4, 0.5) is 19.3 Å². The van der Waals surface area contributed by atoms with E-state index in [-0.39, 0.29) is 12.2 Å². The van der Waals surface area contributed by atoms with Crippen LogP contribution >= 0.6 is 0 Å². The Balaban J connectivity index is 2.83. The largest absolute Gasteiger partial charge is 0.394 e. The first-order valence-electron chi connectivity index (χ1n) is 5.65. The minimum Gasteiger partial charge on any atom is -0.394 e. The van der Waals surface area contributed by atoms with Gasteiger partial charge in [-0.3, -0.25) is 0 Å². The van der Waals surface area contributed by atoms with Gasteiger partial charge in [-0.2, -0.15) is 0 Å². The van der Waals surface area contributed by atoms with E-state index in [2.05, 4.69) is 11.2 Å². The van der Waals surface area contributed by atoms with Crippen LogP contribution < -0.4 is 10.6 Å². The average Bonchev–Trinajstić information content (AvgIpc) is 2.39. The molecule has 0 aliphatic carbocycles. The van der Waals surface area contributed by atoms with Gasteiger partial charge in [-0.1, -0.05) is 12.8 Å². The van der Waals surface area contributed by atoms with Crippen LogP contribution in [-0.2, 0) is 0 Å². The second-order valence-electron chi connectivity index (χ2n) is 3.85. The van der Waals surface area contributed by atoms with Crippen LogP contribution in [0.15, 0.2) is 12.1 Å². The molecule has 3 N–H and O–H groups in total. The third-order valence-corrected chi connectivity index (χ3v) is 2.50. The van der Waals surface area contributed by atoms with Crippen LogP contribution in [0.3, 0.4) is 0 Å². The number of terminal acetylenes is 1. The molecule has 19 heavy (non-hydrogen) atoms. The number of aliphatic hydroxyl groups is 1. The number of hydrogen-bond acceptors (Lipinski definition) is 2. The number of urea groups is 1. The lowest BCUT2D eigenvalue weighted by molar-refractivity contribution is 0.222. The Kier molecular flexibility index (Phi) is 5.27. The summed E-state index contributed by atoms with van der Waals surface area (Å²) in [5.74, 6) is 0.182. The van der Waals surface area contributed by atoms with Crippen molar-refractivity contribution in [2.45, 2.75) is 19.4 Å². The molecule has 102 valence electrons. The fourth-order valence-corrected chi connectivity index (χ4v) is 1.39. The Morgan fingerprint density at radius 3 is 2.47 bits per heavy atom. The maximum absolute atomic E-state index is 13.5. The van der Waals surface area contributed by atoms with Crippen LogP contribution in [0, 0.1) is 24.0 Å². The van der Waals surface area contributed by atoms with Crippen LogP contribution in [0.1, 0.15) is 18.9 Å². The molecule has 2 amide bonds. The van der Waals surface area contributed by atoms with Crippen LogP contribution in [0.25, 0.3) is 0 Å². The van der Waals surface area contributed by atoms with E-state index in [1.54, 1.807) is 6.92 Å². The topological polar surface area (TPSA) is 61.4 Å². The zero-order valence-electron chi connectivity index (χ0n) is 10.3. The average molecular weight is 268 g/mol. The second kappa shape index (κ2) is 6.71. The van der Waals surface area contributed by atoms with Crippen molar-refractivity contribution in [1.29, 1.82) is 0 Å². The number of halogens is 2. The van der Waals surface area contributed by atoms with Crippen LogP contribution in [-0.4, -0.2) is 23.8 Å². The van der Waals surface area contributed by atoms with E-state index in [0.717, 1.165) is 12.1 Å². The van der Waals surface area contributed by atoms with Gasteiger partial charge >= 0.3 is 6.03 Å². The summed E-state index contributed by atoms with van der Waals surface area (Å²) in [6.45, 7) is 1.50. The fraction of sp³-hybridized carbons (Fsp3) is 0.308. The second-order valence-corrected chi connectivity index (χ2v) is 3.85. The smallest absolute Gasteiger partial charge is 0.319 e. The van der Waals surface area contributed by atoms with Gasteiger partial charge in [0.2, 0.25) is 0 Å². The minimum absolute atomic E-state index is 0.0442. The molecule has 0 heterocycles. The zero-order chi connectivity index (χ0) is 14.4. The molecule has 1 unspecified atom stereocenters. The highest BCUT2D eigenvalue weighted by Gasteiger charge is 2.15. The Labute approximate surface area is 109 Å². The van der Waals surface area contributed by atoms with E-state index >= 15 is 0 Å². The third kappa shape index (κ3) is 3.93. The summed E-state index contributed by atoms with van der Waals surface area (Å²) in [4.78, 5) is 11.5. The van der Waals surface area contributed by atoms with Gasteiger partial charge in [-0.25, -0.2) is 13.6 Å². The molecule has 0 saturated heterocycles. The van der Waals surface area contributed by atoms with Crippen LogP contribution in [0.2, 0.25) is 0 Å². The maximum atomic E-state index is 13.5. The van der Waals surface area contributed by atoms with Crippen molar-refractivity contribution in [2.24, 2.45) is 0 Å². The third-order valence-electron chi connectivity index (χ3n) is 2.50. The van der Waals surface area contributed by atoms with Gasteiger partial charge in [0.25, 0.3) is 0 Å². The lowest BCUT2D eigenvalue weighted by Crippen LogP contribution is -2.40. The van der Waals surface area contributed by atoms with Gasteiger partial charge in [0.15, 0.2) is 11.6 Å². The van der Waals surface area contributed by atoms with Crippen molar-refractivity contribution < 1.29 is 18.7 Å². The highest BCUT2D eigenvalue weighted by molar-refractivity contribution is 5.89. The summed E-state index contributed by atoms with van der Waals surface area (Å²) in [5.41, 5.74) is -0.535. The number of hydrogen-bond donors (Lipinski definition) is 3. The Bertz CT molecular complexity index is 485. The van der Waals surface area contributed by atoms with Gasteiger partial charge in [0.1, 0.15) is 5.69 Å². The molecular weight excluding hydrogens is 254 g/mol. The molecule has 0 bridgehead atoms. The molecular formula is C13H14F2N2O2. The Hall–Kier alpha value is -2.13. The van der Waals surface area contributed by atoms with Gasteiger partial charge < -0.3 is 15.7 Å². The number of amides is 2. The lowest BCUT2D eigenvalue weighted by atomic mass is 10.2. The molecule has 1 aromatic carbocycles. The van der Waals surface area contributed by atoms with E-state index < -0.39 is 29.4 Å². The van der Waals surface area contributed by atoms with Crippen molar-refractivity contribution in [3.05, 3.63) is 29.3 Å². The number of aliphatic hydroxyl groups excluding tert-OH is 1. The van der Waals surface area contributed by atoms with Gasteiger partial charge in [0, 0.05) is 5.56 Å². The van der Waals surface area contributed by atoms with Crippen molar-refractivity contribution in [3.63, 3.8) is 0 Å². The first kappa shape index (κ1) is 14.9. The number of benzene rings is 1. The van der Waals surface area contributed by atoms with E-state index in [1.807, 2.05) is 5.32 Å². The quantitative estimate of drug-likeness (QED) is 0.730. The predicted molar refractivity (Wildman–Crippen MR) is 67.6 cm³/mol. The summed E-state index contributed by atoms with van der Waals surface area (Å²) >= 11 is 0. The van der Waals surface area contributed by atoms with Crippen molar-refractivity contribution >= 4 is 11.7 Å². The minimum atomic E-state index is -0.958. The first-order valence-corrected chi connectivity index (χ1v) is 5.65. The Morgan fingerprint density at radius 1 is 1.47 bits per heavy atom. The molecule has 0 spiro atoms. The van der Waals surface area contributed by atoms with Gasteiger partial charge in [0.05, 0.1) is 12.6 Å². The lowest BCUT2D eigenvalue weighted by Gasteiger charge is -2.15. The number of anilines is 1. The summed E-state index contributed by atoms with van der Waals surface area (Å²) in [6, 6.07) is 0.618. The molecule has 4 nitrogen and oxygen atoms in total. The number of nitrogens with one attached hydrogen (secondary N) is 2. The van der Waals surface area contributed by atoms with Gasteiger partial charge in [-0.15, -0.1) is 6.42 Å². The SMILES string of the molecule is C#Cc1cc(F)c(NC(=O)NC(CC)CO)c(F)c1. The molecule has 0 fully saturated rings. The monoisotopic (exact) mass is 268 g/mol. The van der Waals surface area contributed by atoms with Crippen molar-refractivity contribution in [3.8, 4) is 12.3 Å². The highest BCUT2D eigenvalue weighted by Crippen LogP contribution is 2.20. The first-order chi connectivity index (χ1) is 9.01. The zero-order valence-corrected chi connectivity index (χ0v) is 10.3. The molecule has 0 radical (unpaired) electrons. The Morgan fingerprint density at radius 2 is 2.05 bits per heavy atom. The fourth-order valence-electron chi connectivity index (χ4n) is 1.39. The molecule has 6 heteroatoms. The van der Waals surface area contributed by atoms with E-state index in [4.69, 9.17) is 11.5 Å². The normalized spacial score (nSPS) is 11.5. The van der Waals surface area contributed by atoms with Gasteiger partial charge in [-0.05, 0) is 18.6 Å². The van der Waals surface area contributed by atoms with E-state index in [0.29, 0.717) is 6.42 Å². The summed E-state index contributed by atoms with van der Waals surface area (Å²) in [6.07, 6.45) is 5.52. The number of rotatable bonds is 4. The van der Waals surface area contributed by atoms with Crippen LogP contribution in [0.5, 0.6) is 0 Å². The highest BCUT2D eigenvalue weighted by atomic mass is 19.1. The van der Waals surface area contributed by atoms with E-state index in [1.165, 1.54) is 0 Å². The standard InChI is InChI=1S/C13H14F2N2O2/c1-3-8-5-10(14)12(11(15)6-8)17-13(19)16-9(4-2)7-18/h1,5-6,9,18H,4,7H2,2H3,(H2,16,17,19). The molecule has 1 atom stereocenters. The maximum Gasteiger partial charge on any atom is 0.319 e. The number of carbonyl (C=O) groups is 1. The molecule has 0 aliphatic heterocycles. The number of carbonyl (C=O) groups excluding carboxylic acids is 1. The molecule has 0 saturated carbocycles. The molecule has 1 rings (SSSR count). The van der Waals surface area contributed by atoms with Crippen molar-refractivity contribution in [1.82, 2.24) is 5.32 Å². The molecule has 0 aromatic heterocycles. The summed E-state index contributed by atoms with van der Waals surface area (Å²) in [7, 11) is 0. The molecule has 0 aliphatic rings. The summed E-state index contributed by atoms with van der Waals surface area (Å²) in [5, 5.41) is 13.3. The molecule has 1 aromatic rings. The predicted octanol–water partition coefficient (Wildman–Crippen LogP) is 1.84. The van der Waals surface area contributed by atoms with E-state index in [9.17, 15) is 13.6 Å². The summed E-state index contributed by atoms with van der Waals surface area (Å²) < 4.78 is 27.1. The van der Waals surface area contributed by atoms with Crippen molar-refractivity contribution in [2.75, 3.05) is 11.9 Å².